The first kappa shape index (κ1) is 14.1. The van der Waals surface area contributed by atoms with E-state index < -0.39 is 0 Å². The zero-order valence-corrected chi connectivity index (χ0v) is 12.2. The topological polar surface area (TPSA) is 0 Å². The third kappa shape index (κ3) is 3.02. The van der Waals surface area contributed by atoms with Gasteiger partial charge in [0.05, 0.1) is 0 Å². The van der Waals surface area contributed by atoms with Gasteiger partial charge in [-0.3, -0.25) is 0 Å². The van der Waals surface area contributed by atoms with Crippen molar-refractivity contribution in [1.29, 1.82) is 0 Å². The number of rotatable bonds is 1. The molecular formula is C16H32. The molecule has 0 bridgehead atoms. The normalized spacial score (nSPS) is 23.6. The van der Waals surface area contributed by atoms with Gasteiger partial charge >= 0.3 is 0 Å². The highest BCUT2D eigenvalue weighted by Crippen LogP contribution is 2.52. The van der Waals surface area contributed by atoms with Crippen LogP contribution in [-0.4, -0.2) is 0 Å². The first-order chi connectivity index (χ1) is 7.40. The van der Waals surface area contributed by atoms with Gasteiger partial charge in [0.1, 0.15) is 0 Å². The Balaban J connectivity index is 2.86. The summed E-state index contributed by atoms with van der Waals surface area (Å²) < 4.78 is 0. The molecule has 0 spiro atoms. The van der Waals surface area contributed by atoms with E-state index >= 15 is 0 Å². The summed E-state index contributed by atoms with van der Waals surface area (Å²) in [5.74, 6) is 0.825. The second kappa shape index (κ2) is 5.56. The van der Waals surface area contributed by atoms with Crippen molar-refractivity contribution in [2.45, 2.75) is 86.0 Å². The Morgan fingerprint density at radius 1 is 0.750 bits per heavy atom. The summed E-state index contributed by atoms with van der Waals surface area (Å²) in [6.07, 6.45) is 11.7. The van der Waals surface area contributed by atoms with E-state index in [1.165, 1.54) is 51.4 Å². The molecule has 96 valence electrons. The minimum Gasteiger partial charge on any atom is -0.0622 e. The van der Waals surface area contributed by atoms with Crippen molar-refractivity contribution >= 4 is 0 Å². The van der Waals surface area contributed by atoms with Crippen LogP contribution in [0.5, 0.6) is 0 Å². The van der Waals surface area contributed by atoms with Crippen LogP contribution in [0.3, 0.4) is 0 Å². The third-order valence-electron chi connectivity index (χ3n) is 5.09. The molecule has 0 heterocycles. The summed E-state index contributed by atoms with van der Waals surface area (Å²) in [7, 11) is 0. The monoisotopic (exact) mass is 224 g/mol. The Hall–Kier alpha value is 0. The molecule has 1 aliphatic rings. The van der Waals surface area contributed by atoms with Gasteiger partial charge in [-0.1, -0.05) is 73.1 Å². The van der Waals surface area contributed by atoms with Crippen molar-refractivity contribution < 1.29 is 0 Å². The van der Waals surface area contributed by atoms with Crippen molar-refractivity contribution in [1.82, 2.24) is 0 Å². The molecule has 0 N–H and O–H groups in total. The predicted octanol–water partition coefficient (Wildman–Crippen LogP) is 5.81. The van der Waals surface area contributed by atoms with Crippen molar-refractivity contribution in [2.24, 2.45) is 16.7 Å². The van der Waals surface area contributed by atoms with E-state index in [1.54, 1.807) is 0 Å². The average molecular weight is 224 g/mol. The smallest absolute Gasteiger partial charge is 0.0226 e. The summed E-state index contributed by atoms with van der Waals surface area (Å²) in [6.45, 7) is 12.3. The summed E-state index contributed by atoms with van der Waals surface area (Å²) in [6, 6.07) is 0. The zero-order chi connectivity index (χ0) is 12.2. The molecule has 0 heteroatoms. The summed E-state index contributed by atoms with van der Waals surface area (Å²) in [5.41, 5.74) is 1.04. The van der Waals surface area contributed by atoms with Crippen LogP contribution in [0.15, 0.2) is 0 Å². The molecule has 0 aromatic rings. The minimum atomic E-state index is 0.464. The molecule has 16 heavy (non-hydrogen) atoms. The van der Waals surface area contributed by atoms with E-state index in [1.807, 2.05) is 0 Å². The molecule has 0 amide bonds. The SMILES string of the molecule is CC(C)C1(C(C)(C)C)CCCCCCCC1. The van der Waals surface area contributed by atoms with E-state index in [-0.39, 0.29) is 0 Å². The van der Waals surface area contributed by atoms with Gasteiger partial charge in [-0.2, -0.15) is 0 Å². The Morgan fingerprint density at radius 2 is 1.12 bits per heavy atom. The lowest BCUT2D eigenvalue weighted by atomic mass is 9.56. The standard InChI is InChI=1S/C16H32/c1-14(2)16(15(3,4)5)12-10-8-6-7-9-11-13-16/h14H,6-13H2,1-5H3. The molecule has 0 unspecified atom stereocenters. The first-order valence-electron chi connectivity index (χ1n) is 7.40. The quantitative estimate of drug-likeness (QED) is 0.527. The highest BCUT2D eigenvalue weighted by atomic mass is 14.5. The van der Waals surface area contributed by atoms with Crippen molar-refractivity contribution in [3.05, 3.63) is 0 Å². The van der Waals surface area contributed by atoms with Gasteiger partial charge in [-0.25, -0.2) is 0 Å². The average Bonchev–Trinajstić information content (AvgIpc) is 2.27. The Kier molecular flexibility index (Phi) is 4.88. The summed E-state index contributed by atoms with van der Waals surface area (Å²) in [5, 5.41) is 0. The molecule has 1 fully saturated rings. The molecule has 0 atom stereocenters. The van der Waals surface area contributed by atoms with Crippen LogP contribution in [0.1, 0.15) is 86.0 Å². The highest BCUT2D eigenvalue weighted by molar-refractivity contribution is 4.92. The van der Waals surface area contributed by atoms with E-state index in [0.717, 1.165) is 5.92 Å². The predicted molar refractivity (Wildman–Crippen MR) is 73.7 cm³/mol. The Morgan fingerprint density at radius 3 is 1.44 bits per heavy atom. The molecule has 0 aliphatic heterocycles. The van der Waals surface area contributed by atoms with E-state index in [9.17, 15) is 0 Å². The van der Waals surface area contributed by atoms with Crippen LogP contribution in [0, 0.1) is 16.7 Å². The molecule has 1 rings (SSSR count). The maximum Gasteiger partial charge on any atom is -0.0226 e. The van der Waals surface area contributed by atoms with E-state index in [0.29, 0.717) is 10.8 Å². The Labute approximate surface area is 103 Å². The maximum absolute atomic E-state index is 2.46. The fourth-order valence-electron chi connectivity index (χ4n) is 3.91. The lowest BCUT2D eigenvalue weighted by molar-refractivity contribution is 0.00750. The molecule has 0 aromatic heterocycles. The molecule has 1 saturated carbocycles. The summed E-state index contributed by atoms with van der Waals surface area (Å²) in [4.78, 5) is 0. The summed E-state index contributed by atoms with van der Waals surface area (Å²) >= 11 is 0. The Bertz CT molecular complexity index is 185. The third-order valence-corrected chi connectivity index (χ3v) is 5.09. The van der Waals surface area contributed by atoms with Crippen molar-refractivity contribution in [3.63, 3.8) is 0 Å². The van der Waals surface area contributed by atoms with Crippen LogP contribution in [0.2, 0.25) is 0 Å². The van der Waals surface area contributed by atoms with Crippen LogP contribution >= 0.6 is 0 Å². The van der Waals surface area contributed by atoms with Gasteiger partial charge in [0.2, 0.25) is 0 Å². The number of hydrogen-bond donors (Lipinski definition) is 0. The van der Waals surface area contributed by atoms with Crippen molar-refractivity contribution in [2.75, 3.05) is 0 Å². The van der Waals surface area contributed by atoms with E-state index in [4.69, 9.17) is 0 Å². The fourth-order valence-corrected chi connectivity index (χ4v) is 3.91. The van der Waals surface area contributed by atoms with Gasteiger partial charge in [0, 0.05) is 0 Å². The largest absolute Gasteiger partial charge is 0.0622 e. The van der Waals surface area contributed by atoms with Crippen molar-refractivity contribution in [3.8, 4) is 0 Å². The lowest BCUT2D eigenvalue weighted by Crippen LogP contribution is -2.40. The zero-order valence-electron chi connectivity index (χ0n) is 12.2. The second-order valence-electron chi connectivity index (χ2n) is 7.18. The van der Waals surface area contributed by atoms with E-state index in [2.05, 4.69) is 34.6 Å². The molecule has 0 aromatic carbocycles. The van der Waals surface area contributed by atoms with Crippen LogP contribution in [0.4, 0.5) is 0 Å². The maximum atomic E-state index is 2.46. The minimum absolute atomic E-state index is 0.464. The highest BCUT2D eigenvalue weighted by Gasteiger charge is 2.43. The number of hydrogen-bond acceptors (Lipinski definition) is 0. The van der Waals surface area contributed by atoms with Gasteiger partial charge in [0.25, 0.3) is 0 Å². The molecular weight excluding hydrogens is 192 g/mol. The van der Waals surface area contributed by atoms with Crippen LogP contribution < -0.4 is 0 Å². The van der Waals surface area contributed by atoms with Gasteiger partial charge in [-0.05, 0) is 29.6 Å². The molecule has 0 radical (unpaired) electrons. The molecule has 0 saturated heterocycles. The van der Waals surface area contributed by atoms with Gasteiger partial charge < -0.3 is 0 Å². The van der Waals surface area contributed by atoms with Crippen LogP contribution in [-0.2, 0) is 0 Å². The lowest BCUT2D eigenvalue weighted by Gasteiger charge is -2.49. The molecule has 0 nitrogen and oxygen atoms in total. The second-order valence-corrected chi connectivity index (χ2v) is 7.18. The van der Waals surface area contributed by atoms with Crippen LogP contribution in [0.25, 0.3) is 0 Å². The molecule has 1 aliphatic carbocycles. The first-order valence-corrected chi connectivity index (χ1v) is 7.40. The van der Waals surface area contributed by atoms with Gasteiger partial charge in [0.15, 0.2) is 0 Å². The van der Waals surface area contributed by atoms with Gasteiger partial charge in [-0.15, -0.1) is 0 Å². The fraction of sp³-hybridized carbons (Fsp3) is 1.00.